The minimum absolute atomic E-state index is 0.0920. The highest BCUT2D eigenvalue weighted by Crippen LogP contribution is 2.43. The number of aromatic amines is 2. The predicted octanol–water partition coefficient (Wildman–Crippen LogP) is 6.03. The Bertz CT molecular complexity index is 2160. The van der Waals surface area contributed by atoms with Crippen LogP contribution in [0.15, 0.2) is 48.7 Å². The largest absolute Gasteiger partial charge is 0.488 e. The lowest BCUT2D eigenvalue weighted by Gasteiger charge is -2.36. The van der Waals surface area contributed by atoms with Gasteiger partial charge in [-0.25, -0.2) is 14.8 Å². The molecular weight excluding hydrogens is 662 g/mol. The number of amides is 2. The van der Waals surface area contributed by atoms with Crippen molar-refractivity contribution in [3.8, 4) is 28.1 Å². The summed E-state index contributed by atoms with van der Waals surface area (Å²) < 4.78 is 17.2. The summed E-state index contributed by atoms with van der Waals surface area (Å²) in [5, 5.41) is 15.3. The van der Waals surface area contributed by atoms with Gasteiger partial charge in [0.25, 0.3) is 0 Å². The number of benzene rings is 3. The Labute approximate surface area is 301 Å². The number of methoxy groups -OCH3 is 2. The molecule has 5 aromatic rings. The second kappa shape index (κ2) is 13.5. The Balaban J connectivity index is 1.08. The molecular formula is C39H45N7O6. The summed E-state index contributed by atoms with van der Waals surface area (Å²) in [6.45, 7) is 5.82. The summed E-state index contributed by atoms with van der Waals surface area (Å²) in [6.07, 6.45) is 2.57. The van der Waals surface area contributed by atoms with Crippen LogP contribution in [0.1, 0.15) is 62.4 Å². The van der Waals surface area contributed by atoms with Crippen molar-refractivity contribution in [1.82, 2.24) is 35.1 Å². The molecule has 5 heterocycles. The molecule has 2 fully saturated rings. The number of fused-ring (bicyclic) bond motifs is 6. The number of carboxylic acid groups (broad SMARTS) is 1. The van der Waals surface area contributed by atoms with Crippen molar-refractivity contribution in [1.29, 1.82) is 0 Å². The number of H-pyrrole nitrogens is 2. The van der Waals surface area contributed by atoms with Gasteiger partial charge in [0, 0.05) is 44.8 Å². The molecule has 0 radical (unpaired) electrons. The lowest BCUT2D eigenvalue weighted by Crippen LogP contribution is -2.55. The number of imidazole rings is 2. The number of aromatic nitrogens is 4. The lowest BCUT2D eigenvalue weighted by atomic mass is 9.92. The minimum atomic E-state index is -1.19. The van der Waals surface area contributed by atoms with Crippen LogP contribution in [0.3, 0.4) is 0 Å². The number of carbonyl (C=O) groups is 2. The maximum Gasteiger partial charge on any atom is 0.407 e. The van der Waals surface area contributed by atoms with E-state index in [1.54, 1.807) is 18.9 Å². The predicted molar refractivity (Wildman–Crippen MR) is 196 cm³/mol. The van der Waals surface area contributed by atoms with Crippen molar-refractivity contribution < 1.29 is 28.9 Å². The molecule has 0 saturated carbocycles. The second-order valence-corrected chi connectivity index (χ2v) is 14.5. The first-order chi connectivity index (χ1) is 25.1. The molecule has 13 heteroatoms. The summed E-state index contributed by atoms with van der Waals surface area (Å²) >= 11 is 0. The SMILES string of the molecule is COC[C@@H]1CN[C@H](c2ncc(-c3ccc4c(c3)COc3cc5c(ccc6[nH]c([C@@H]7CC[C@H](C)N7C(=O)[C@H]([C@@H](C)OC)N(C)C(=O)O)nc65)cc3-4)[nH]2)C1. The highest BCUT2D eigenvalue weighted by atomic mass is 16.5. The molecule has 0 spiro atoms. The van der Waals surface area contributed by atoms with Gasteiger partial charge in [0.2, 0.25) is 5.91 Å². The molecule has 3 aliphatic heterocycles. The van der Waals surface area contributed by atoms with Crippen LogP contribution in [0.2, 0.25) is 0 Å². The highest BCUT2D eigenvalue weighted by Gasteiger charge is 2.44. The zero-order valence-corrected chi connectivity index (χ0v) is 30.1. The van der Waals surface area contributed by atoms with E-state index in [-0.39, 0.29) is 24.0 Å². The number of nitrogens with zero attached hydrogens (tertiary/aromatic N) is 4. The summed E-state index contributed by atoms with van der Waals surface area (Å²) in [4.78, 5) is 45.6. The van der Waals surface area contributed by atoms with Crippen LogP contribution in [-0.2, 0) is 20.9 Å². The maximum atomic E-state index is 14.0. The van der Waals surface area contributed by atoms with Crippen LogP contribution in [0.5, 0.6) is 5.75 Å². The Morgan fingerprint density at radius 1 is 1.10 bits per heavy atom. The van der Waals surface area contributed by atoms with Crippen LogP contribution in [0.25, 0.3) is 44.2 Å². The summed E-state index contributed by atoms with van der Waals surface area (Å²) in [6, 6.07) is 13.6. The molecule has 4 N–H and O–H groups in total. The summed E-state index contributed by atoms with van der Waals surface area (Å²) in [5.41, 5.74) is 6.98. The van der Waals surface area contributed by atoms with E-state index < -0.39 is 18.2 Å². The fourth-order valence-electron chi connectivity index (χ4n) is 8.38. The van der Waals surface area contributed by atoms with Crippen LogP contribution < -0.4 is 10.1 Å². The smallest absolute Gasteiger partial charge is 0.407 e. The van der Waals surface area contributed by atoms with Crippen LogP contribution in [-0.4, -0.2) is 99.4 Å². The number of likely N-dealkylation sites (tertiary alicyclic amines) is 1. The monoisotopic (exact) mass is 707 g/mol. The molecule has 2 saturated heterocycles. The van der Waals surface area contributed by atoms with E-state index in [9.17, 15) is 14.7 Å². The maximum absolute atomic E-state index is 14.0. The normalized spacial score (nSPS) is 22.3. The van der Waals surface area contributed by atoms with Crippen LogP contribution in [0, 0.1) is 5.92 Å². The average molecular weight is 708 g/mol. The summed E-state index contributed by atoms with van der Waals surface area (Å²) in [5.74, 6) is 2.62. The number of nitrogens with one attached hydrogen (secondary N) is 3. The van der Waals surface area contributed by atoms with Gasteiger partial charge < -0.3 is 39.5 Å². The fraction of sp³-hybridized carbons (Fsp3) is 0.436. The van der Waals surface area contributed by atoms with E-state index in [0.29, 0.717) is 24.8 Å². The standard InChI is InChI=1S/C39H45N7O6/c1-20-6-11-32(46(20)38(47)35(21(2)51-5)45(3)39(48)49)37-42-29-10-8-23-14-28-26-9-7-24(13-25(26)19-52-33(28)15-27(23)34(29)44-37)31-17-41-36(43-31)30-12-22(16-40-30)18-50-4/h7-10,13-15,17,20-22,30,32,35,40H,6,11-12,16,18-19H2,1-5H3,(H,41,43)(H,42,44)(H,48,49)/t20-,21+,22-,30-,32-,35-/m0/s1. The molecule has 6 atom stereocenters. The first-order valence-electron chi connectivity index (χ1n) is 18.0. The molecule has 8 rings (SSSR count). The van der Waals surface area contributed by atoms with Gasteiger partial charge in [0.15, 0.2) is 0 Å². The van der Waals surface area contributed by atoms with Gasteiger partial charge in [-0.15, -0.1) is 0 Å². The van der Waals surface area contributed by atoms with Gasteiger partial charge in [0.1, 0.15) is 30.0 Å². The van der Waals surface area contributed by atoms with Gasteiger partial charge in [0.05, 0.1) is 47.7 Å². The van der Waals surface area contributed by atoms with Crippen molar-refractivity contribution in [2.24, 2.45) is 5.92 Å². The van der Waals surface area contributed by atoms with Gasteiger partial charge >= 0.3 is 6.09 Å². The van der Waals surface area contributed by atoms with E-state index in [2.05, 4.69) is 51.7 Å². The number of carbonyl (C=O) groups excluding carboxylic acids is 1. The van der Waals surface area contributed by atoms with E-state index in [0.717, 1.165) is 92.2 Å². The zero-order valence-electron chi connectivity index (χ0n) is 30.1. The topological polar surface area (TPSA) is 158 Å². The number of likely N-dealkylation sites (N-methyl/N-ethyl adjacent to an activating group) is 1. The Morgan fingerprint density at radius 2 is 1.94 bits per heavy atom. The lowest BCUT2D eigenvalue weighted by molar-refractivity contribution is -0.143. The minimum Gasteiger partial charge on any atom is -0.488 e. The molecule has 52 heavy (non-hydrogen) atoms. The number of rotatable bonds is 9. The van der Waals surface area contributed by atoms with E-state index in [1.807, 2.05) is 19.2 Å². The first-order valence-corrected chi connectivity index (χ1v) is 18.0. The highest BCUT2D eigenvalue weighted by molar-refractivity contribution is 6.07. The van der Waals surface area contributed by atoms with Crippen LogP contribution >= 0.6 is 0 Å². The van der Waals surface area contributed by atoms with Crippen molar-refractivity contribution >= 4 is 33.8 Å². The van der Waals surface area contributed by atoms with Crippen molar-refractivity contribution in [2.75, 3.05) is 34.4 Å². The third-order valence-electron chi connectivity index (χ3n) is 11.3. The van der Waals surface area contributed by atoms with Crippen molar-refractivity contribution in [2.45, 2.75) is 70.0 Å². The molecule has 0 bridgehead atoms. The molecule has 3 aliphatic rings. The Hall–Kier alpha value is -4.98. The number of ether oxygens (including phenoxy) is 3. The first kappa shape index (κ1) is 34.1. The van der Waals surface area contributed by atoms with E-state index in [1.165, 1.54) is 14.2 Å². The molecule has 2 aromatic heterocycles. The van der Waals surface area contributed by atoms with Crippen molar-refractivity contribution in [3.05, 3.63) is 65.9 Å². The molecule has 0 unspecified atom stereocenters. The van der Waals surface area contributed by atoms with E-state index in [4.69, 9.17) is 24.2 Å². The molecule has 272 valence electrons. The van der Waals surface area contributed by atoms with Gasteiger partial charge in [-0.2, -0.15) is 0 Å². The molecule has 0 aliphatic carbocycles. The number of hydrogen-bond donors (Lipinski definition) is 4. The Morgan fingerprint density at radius 3 is 2.73 bits per heavy atom. The average Bonchev–Trinajstić information content (AvgIpc) is 3.97. The molecule has 2 amide bonds. The van der Waals surface area contributed by atoms with Gasteiger partial charge in [-0.05, 0) is 85.4 Å². The van der Waals surface area contributed by atoms with Gasteiger partial charge in [-0.1, -0.05) is 18.2 Å². The van der Waals surface area contributed by atoms with E-state index >= 15 is 0 Å². The number of hydrogen-bond acceptors (Lipinski definition) is 8. The van der Waals surface area contributed by atoms with Crippen molar-refractivity contribution in [3.63, 3.8) is 0 Å². The Kier molecular flexibility index (Phi) is 8.88. The third-order valence-corrected chi connectivity index (χ3v) is 11.3. The molecule has 3 aromatic carbocycles. The quantitative estimate of drug-likeness (QED) is 0.144. The summed E-state index contributed by atoms with van der Waals surface area (Å²) in [7, 11) is 4.64. The third kappa shape index (κ3) is 5.86. The fourth-order valence-corrected chi connectivity index (χ4v) is 8.38. The molecule has 13 nitrogen and oxygen atoms in total. The van der Waals surface area contributed by atoms with Crippen LogP contribution in [0.4, 0.5) is 4.79 Å². The second-order valence-electron chi connectivity index (χ2n) is 14.5. The van der Waals surface area contributed by atoms with Gasteiger partial charge in [-0.3, -0.25) is 9.69 Å². The zero-order chi connectivity index (χ0) is 36.3.